The van der Waals surface area contributed by atoms with Crippen molar-refractivity contribution in [3.05, 3.63) is 18.0 Å². The van der Waals surface area contributed by atoms with E-state index in [0.717, 1.165) is 4.31 Å². The lowest BCUT2D eigenvalue weighted by Crippen LogP contribution is -2.40. The lowest BCUT2D eigenvalue weighted by molar-refractivity contribution is -0.140. The number of carbonyl (C=O) groups is 1. The molecule has 7 nitrogen and oxygen atoms in total. The van der Waals surface area contributed by atoms with E-state index in [4.69, 9.17) is 5.11 Å². The summed E-state index contributed by atoms with van der Waals surface area (Å²) in [7, 11) is -3.65. The van der Waals surface area contributed by atoms with Crippen molar-refractivity contribution < 1.29 is 22.8 Å². The topological polar surface area (TPSA) is 101 Å². The van der Waals surface area contributed by atoms with Crippen LogP contribution in [0.25, 0.3) is 0 Å². The van der Waals surface area contributed by atoms with Crippen molar-refractivity contribution in [2.24, 2.45) is 0 Å². The summed E-state index contributed by atoms with van der Waals surface area (Å²) in [5.41, 5.74) is 0.279. The minimum Gasteiger partial charge on any atom is -0.480 e. The lowest BCUT2D eigenvalue weighted by atomic mass is 10.2. The molecule has 8 heteroatoms. The van der Waals surface area contributed by atoms with Crippen molar-refractivity contribution in [3.8, 4) is 0 Å². The van der Waals surface area contributed by atoms with Crippen LogP contribution in [-0.4, -0.2) is 41.5 Å². The molecular weight excluding hydrogens is 248 g/mol. The molecule has 0 unspecified atom stereocenters. The van der Waals surface area contributed by atoms with Crippen molar-refractivity contribution in [1.82, 2.24) is 9.46 Å². The van der Waals surface area contributed by atoms with E-state index in [9.17, 15) is 13.2 Å². The number of aromatic nitrogens is 1. The van der Waals surface area contributed by atoms with Gasteiger partial charge in [0, 0.05) is 12.6 Å². The fraction of sp³-hybridized carbons (Fsp3) is 0.556. The van der Waals surface area contributed by atoms with Crippen LogP contribution in [0.5, 0.6) is 0 Å². The molecule has 1 aromatic rings. The standard InChI is InChI=1S/C9H12N2O5S/c12-9(13)8-2-1-4-11(8)17(14,15)6-7-3-5-16-10-7/h3,5,8H,1-2,4,6H2,(H,12,13)/t8-/m0/s1. The zero-order chi connectivity index (χ0) is 12.5. The highest BCUT2D eigenvalue weighted by Crippen LogP contribution is 2.23. The number of hydrogen-bond acceptors (Lipinski definition) is 5. The van der Waals surface area contributed by atoms with Gasteiger partial charge >= 0.3 is 5.97 Å². The van der Waals surface area contributed by atoms with Gasteiger partial charge in [-0.3, -0.25) is 4.79 Å². The number of carboxylic acid groups (broad SMARTS) is 1. The van der Waals surface area contributed by atoms with Gasteiger partial charge in [-0.1, -0.05) is 5.16 Å². The number of nitrogens with zero attached hydrogens (tertiary/aromatic N) is 2. The van der Waals surface area contributed by atoms with Gasteiger partial charge in [0.25, 0.3) is 0 Å². The van der Waals surface area contributed by atoms with Crippen LogP contribution in [0.3, 0.4) is 0 Å². The Balaban J connectivity index is 2.17. The van der Waals surface area contributed by atoms with E-state index in [0.29, 0.717) is 12.8 Å². The van der Waals surface area contributed by atoms with E-state index in [2.05, 4.69) is 9.68 Å². The summed E-state index contributed by atoms with van der Waals surface area (Å²) in [6, 6.07) is 0.496. The maximum atomic E-state index is 12.0. The van der Waals surface area contributed by atoms with Gasteiger partial charge in [-0.05, 0) is 12.8 Å². The fourth-order valence-electron chi connectivity index (χ4n) is 1.90. The molecule has 1 fully saturated rings. The Hall–Kier alpha value is -1.41. The van der Waals surface area contributed by atoms with Crippen LogP contribution in [0.4, 0.5) is 0 Å². The normalized spacial score (nSPS) is 21.8. The second-order valence-electron chi connectivity index (χ2n) is 3.85. The van der Waals surface area contributed by atoms with E-state index in [-0.39, 0.29) is 18.0 Å². The lowest BCUT2D eigenvalue weighted by Gasteiger charge is -2.20. The first-order valence-electron chi connectivity index (χ1n) is 5.12. The van der Waals surface area contributed by atoms with E-state index in [1.165, 1.54) is 12.3 Å². The van der Waals surface area contributed by atoms with Crippen molar-refractivity contribution in [2.45, 2.75) is 24.6 Å². The average Bonchev–Trinajstić information content (AvgIpc) is 2.84. The van der Waals surface area contributed by atoms with Crippen LogP contribution in [-0.2, 0) is 20.6 Å². The van der Waals surface area contributed by atoms with Crippen LogP contribution >= 0.6 is 0 Å². The number of rotatable bonds is 4. The van der Waals surface area contributed by atoms with Crippen molar-refractivity contribution in [1.29, 1.82) is 0 Å². The second-order valence-corrected chi connectivity index (χ2v) is 5.78. The van der Waals surface area contributed by atoms with Gasteiger partial charge in [0.05, 0.1) is 5.69 Å². The second kappa shape index (κ2) is 4.46. The number of hydrogen-bond donors (Lipinski definition) is 1. The summed E-state index contributed by atoms with van der Waals surface area (Å²) in [5, 5.41) is 12.4. The molecular formula is C9H12N2O5S. The third-order valence-corrected chi connectivity index (χ3v) is 4.48. The van der Waals surface area contributed by atoms with Crippen LogP contribution in [0.1, 0.15) is 18.5 Å². The largest absolute Gasteiger partial charge is 0.480 e. The molecule has 0 aromatic carbocycles. The monoisotopic (exact) mass is 260 g/mol. The van der Waals surface area contributed by atoms with Crippen LogP contribution in [0, 0.1) is 0 Å². The average molecular weight is 260 g/mol. The van der Waals surface area contributed by atoms with E-state index >= 15 is 0 Å². The van der Waals surface area contributed by atoms with Crippen LogP contribution < -0.4 is 0 Å². The number of aliphatic carboxylic acids is 1. The molecule has 94 valence electrons. The van der Waals surface area contributed by atoms with Gasteiger partial charge in [-0.2, -0.15) is 4.31 Å². The molecule has 1 saturated heterocycles. The Kier molecular flexibility index (Phi) is 3.16. The maximum absolute atomic E-state index is 12.0. The molecule has 0 radical (unpaired) electrons. The van der Waals surface area contributed by atoms with Gasteiger partial charge in [-0.25, -0.2) is 8.42 Å². The number of sulfonamides is 1. The van der Waals surface area contributed by atoms with Gasteiger partial charge < -0.3 is 9.63 Å². The Morgan fingerprint density at radius 1 is 1.65 bits per heavy atom. The molecule has 1 N–H and O–H groups in total. The van der Waals surface area contributed by atoms with E-state index < -0.39 is 22.0 Å². The molecule has 0 spiro atoms. The number of carboxylic acids is 1. The maximum Gasteiger partial charge on any atom is 0.322 e. The molecule has 2 heterocycles. The summed E-state index contributed by atoms with van der Waals surface area (Å²) >= 11 is 0. The van der Waals surface area contributed by atoms with Gasteiger partial charge in [0.2, 0.25) is 10.0 Å². The Bertz CT molecular complexity index is 495. The molecule has 0 saturated carbocycles. The molecule has 1 aromatic heterocycles. The fourth-order valence-corrected chi connectivity index (χ4v) is 3.58. The summed E-state index contributed by atoms with van der Waals surface area (Å²) in [4.78, 5) is 10.9. The Morgan fingerprint density at radius 2 is 2.41 bits per heavy atom. The van der Waals surface area contributed by atoms with Gasteiger partial charge in [0.1, 0.15) is 18.1 Å². The summed E-state index contributed by atoms with van der Waals surface area (Å²) < 4.78 is 29.6. The molecule has 2 rings (SSSR count). The van der Waals surface area contributed by atoms with Crippen molar-refractivity contribution >= 4 is 16.0 Å². The highest BCUT2D eigenvalue weighted by Gasteiger charge is 2.38. The Morgan fingerprint density at radius 3 is 3.00 bits per heavy atom. The van der Waals surface area contributed by atoms with Crippen LogP contribution in [0.2, 0.25) is 0 Å². The predicted octanol–water partition coefficient (Wildman–Crippen LogP) is 0.0534. The summed E-state index contributed by atoms with van der Waals surface area (Å²) in [6.45, 7) is 0.247. The molecule has 0 amide bonds. The first-order valence-corrected chi connectivity index (χ1v) is 6.73. The van der Waals surface area contributed by atoms with Crippen molar-refractivity contribution in [2.75, 3.05) is 6.54 Å². The quantitative estimate of drug-likeness (QED) is 0.821. The third kappa shape index (κ3) is 2.47. The van der Waals surface area contributed by atoms with E-state index in [1.54, 1.807) is 0 Å². The smallest absolute Gasteiger partial charge is 0.322 e. The minimum atomic E-state index is -3.65. The molecule has 1 atom stereocenters. The highest BCUT2D eigenvalue weighted by atomic mass is 32.2. The van der Waals surface area contributed by atoms with Crippen molar-refractivity contribution in [3.63, 3.8) is 0 Å². The summed E-state index contributed by atoms with van der Waals surface area (Å²) in [6.07, 6.45) is 2.20. The SMILES string of the molecule is O=C(O)[C@@H]1CCCN1S(=O)(=O)Cc1ccon1. The zero-order valence-electron chi connectivity index (χ0n) is 8.94. The minimum absolute atomic E-state index is 0.247. The van der Waals surface area contributed by atoms with Gasteiger partial charge in [-0.15, -0.1) is 0 Å². The highest BCUT2D eigenvalue weighted by molar-refractivity contribution is 7.88. The van der Waals surface area contributed by atoms with E-state index in [1.807, 2.05) is 0 Å². The first kappa shape index (κ1) is 12.1. The molecule has 17 heavy (non-hydrogen) atoms. The first-order chi connectivity index (χ1) is 8.00. The van der Waals surface area contributed by atoms with Crippen LogP contribution in [0.15, 0.2) is 16.9 Å². The van der Waals surface area contributed by atoms with Gasteiger partial charge in [0.15, 0.2) is 0 Å². The zero-order valence-corrected chi connectivity index (χ0v) is 9.76. The molecule has 1 aliphatic rings. The molecule has 1 aliphatic heterocycles. The molecule has 0 bridgehead atoms. The Labute approximate surface area is 98.1 Å². The predicted molar refractivity (Wildman–Crippen MR) is 56.5 cm³/mol. The molecule has 0 aliphatic carbocycles. The summed E-state index contributed by atoms with van der Waals surface area (Å²) in [5.74, 6) is -1.43. The third-order valence-electron chi connectivity index (χ3n) is 2.67.